The summed E-state index contributed by atoms with van der Waals surface area (Å²) in [6.07, 6.45) is 2.45. The van der Waals surface area contributed by atoms with Crippen LogP contribution in [0.3, 0.4) is 0 Å². The lowest BCUT2D eigenvalue weighted by molar-refractivity contribution is 0.394. The van der Waals surface area contributed by atoms with Gasteiger partial charge < -0.3 is 9.84 Å². The van der Waals surface area contributed by atoms with E-state index in [0.717, 1.165) is 36.5 Å². The predicted octanol–water partition coefficient (Wildman–Crippen LogP) is 0.481. The van der Waals surface area contributed by atoms with Gasteiger partial charge in [0.2, 0.25) is 11.7 Å². The van der Waals surface area contributed by atoms with Crippen LogP contribution < -0.4 is 5.32 Å². The zero-order chi connectivity index (χ0) is 11.0. The Morgan fingerprint density at radius 2 is 2.31 bits per heavy atom. The molecule has 2 aromatic heterocycles. The molecule has 0 amide bonds. The van der Waals surface area contributed by atoms with E-state index in [4.69, 9.17) is 4.52 Å². The largest absolute Gasteiger partial charge is 0.339 e. The van der Waals surface area contributed by atoms with Crippen LogP contribution in [0.1, 0.15) is 17.1 Å². The SMILES string of the molecule is Cc1nc(-c2ncnc3c2CCNC3)no1. The van der Waals surface area contributed by atoms with Crippen LogP contribution in [0.15, 0.2) is 10.9 Å². The summed E-state index contributed by atoms with van der Waals surface area (Å²) < 4.78 is 4.97. The Balaban J connectivity index is 2.13. The molecule has 82 valence electrons. The van der Waals surface area contributed by atoms with Crippen molar-refractivity contribution >= 4 is 0 Å². The van der Waals surface area contributed by atoms with Gasteiger partial charge in [-0.25, -0.2) is 9.97 Å². The summed E-state index contributed by atoms with van der Waals surface area (Å²) in [6, 6.07) is 0. The predicted molar refractivity (Wildman–Crippen MR) is 55.5 cm³/mol. The monoisotopic (exact) mass is 217 g/mol. The van der Waals surface area contributed by atoms with Crippen molar-refractivity contribution in [1.29, 1.82) is 0 Å². The maximum Gasteiger partial charge on any atom is 0.223 e. The van der Waals surface area contributed by atoms with Crippen molar-refractivity contribution < 1.29 is 4.52 Å². The highest BCUT2D eigenvalue weighted by Gasteiger charge is 2.19. The molecule has 3 rings (SSSR count). The minimum absolute atomic E-state index is 0.552. The number of nitrogens with zero attached hydrogens (tertiary/aromatic N) is 4. The first kappa shape index (κ1) is 9.41. The number of rotatable bonds is 1. The van der Waals surface area contributed by atoms with Crippen LogP contribution in [0.25, 0.3) is 11.5 Å². The molecule has 0 bridgehead atoms. The van der Waals surface area contributed by atoms with Gasteiger partial charge in [0.15, 0.2) is 0 Å². The number of hydrogen-bond donors (Lipinski definition) is 1. The average Bonchev–Trinajstić information content (AvgIpc) is 2.75. The normalized spacial score (nSPS) is 14.8. The van der Waals surface area contributed by atoms with Crippen molar-refractivity contribution in [2.75, 3.05) is 6.54 Å². The molecule has 0 aromatic carbocycles. The van der Waals surface area contributed by atoms with Crippen molar-refractivity contribution in [2.24, 2.45) is 0 Å². The van der Waals surface area contributed by atoms with E-state index >= 15 is 0 Å². The molecule has 16 heavy (non-hydrogen) atoms. The lowest BCUT2D eigenvalue weighted by atomic mass is 10.0. The van der Waals surface area contributed by atoms with E-state index in [-0.39, 0.29) is 0 Å². The number of aryl methyl sites for hydroxylation is 1. The quantitative estimate of drug-likeness (QED) is 0.748. The van der Waals surface area contributed by atoms with E-state index in [2.05, 4.69) is 25.4 Å². The Kier molecular flexibility index (Phi) is 2.14. The van der Waals surface area contributed by atoms with E-state index in [9.17, 15) is 0 Å². The molecule has 0 atom stereocenters. The molecule has 0 radical (unpaired) electrons. The van der Waals surface area contributed by atoms with Gasteiger partial charge in [0.05, 0.1) is 5.69 Å². The molecule has 3 heterocycles. The zero-order valence-electron chi connectivity index (χ0n) is 8.90. The van der Waals surface area contributed by atoms with Crippen LogP contribution in [0.5, 0.6) is 0 Å². The molecule has 0 saturated heterocycles. The third-order valence-corrected chi connectivity index (χ3v) is 2.62. The maximum atomic E-state index is 4.97. The molecule has 0 spiro atoms. The van der Waals surface area contributed by atoms with Crippen LogP contribution in [0.2, 0.25) is 0 Å². The fraction of sp³-hybridized carbons (Fsp3) is 0.400. The van der Waals surface area contributed by atoms with Gasteiger partial charge in [-0.05, 0) is 13.0 Å². The summed E-state index contributed by atoms with van der Waals surface area (Å²) in [4.78, 5) is 12.7. The van der Waals surface area contributed by atoms with Crippen LogP contribution in [0, 0.1) is 6.92 Å². The molecule has 0 aliphatic carbocycles. The minimum Gasteiger partial charge on any atom is -0.339 e. The Morgan fingerprint density at radius 1 is 1.38 bits per heavy atom. The smallest absolute Gasteiger partial charge is 0.223 e. The molecule has 2 aromatic rings. The third-order valence-electron chi connectivity index (χ3n) is 2.62. The van der Waals surface area contributed by atoms with E-state index in [1.165, 1.54) is 0 Å². The molecule has 6 nitrogen and oxygen atoms in total. The topological polar surface area (TPSA) is 76.7 Å². The van der Waals surface area contributed by atoms with E-state index in [0.29, 0.717) is 11.7 Å². The Bertz CT molecular complexity index is 522. The summed E-state index contributed by atoms with van der Waals surface area (Å²) in [5, 5.41) is 7.17. The number of nitrogens with one attached hydrogen (secondary N) is 1. The summed E-state index contributed by atoms with van der Waals surface area (Å²) in [6.45, 7) is 3.48. The van der Waals surface area contributed by atoms with Crippen molar-refractivity contribution in [1.82, 2.24) is 25.4 Å². The standard InChI is InChI=1S/C10H11N5O/c1-6-14-10(15-16-6)9-7-2-3-11-4-8(7)12-5-13-9/h5,11H,2-4H2,1H3. The van der Waals surface area contributed by atoms with Crippen LogP contribution in [0.4, 0.5) is 0 Å². The second kappa shape index (κ2) is 3.64. The lowest BCUT2D eigenvalue weighted by Gasteiger charge is -2.16. The Morgan fingerprint density at radius 3 is 3.12 bits per heavy atom. The van der Waals surface area contributed by atoms with Crippen LogP contribution in [-0.4, -0.2) is 26.7 Å². The molecule has 0 unspecified atom stereocenters. The van der Waals surface area contributed by atoms with Crippen LogP contribution >= 0.6 is 0 Å². The highest BCUT2D eigenvalue weighted by Crippen LogP contribution is 2.22. The molecule has 0 saturated carbocycles. The molecular formula is C10H11N5O. The van der Waals surface area contributed by atoms with Gasteiger partial charge in [-0.1, -0.05) is 5.16 Å². The number of hydrogen-bond acceptors (Lipinski definition) is 6. The summed E-state index contributed by atoms with van der Waals surface area (Å²) in [5.74, 6) is 1.11. The highest BCUT2D eigenvalue weighted by atomic mass is 16.5. The van der Waals surface area contributed by atoms with Gasteiger partial charge in [0, 0.05) is 19.0 Å². The fourth-order valence-corrected chi connectivity index (χ4v) is 1.87. The number of fused-ring (bicyclic) bond motifs is 1. The molecular weight excluding hydrogens is 206 g/mol. The maximum absolute atomic E-state index is 4.97. The first-order valence-electron chi connectivity index (χ1n) is 5.19. The highest BCUT2D eigenvalue weighted by molar-refractivity contribution is 5.55. The summed E-state index contributed by atoms with van der Waals surface area (Å²) in [5.41, 5.74) is 2.95. The number of aromatic nitrogens is 4. The molecule has 1 aliphatic heterocycles. The molecule has 1 N–H and O–H groups in total. The summed E-state index contributed by atoms with van der Waals surface area (Å²) in [7, 11) is 0. The molecule has 1 aliphatic rings. The Hall–Kier alpha value is -1.82. The van der Waals surface area contributed by atoms with Crippen molar-refractivity contribution in [3.63, 3.8) is 0 Å². The van der Waals surface area contributed by atoms with Gasteiger partial charge in [-0.2, -0.15) is 4.98 Å². The van der Waals surface area contributed by atoms with E-state index in [1.54, 1.807) is 13.3 Å². The first-order valence-corrected chi connectivity index (χ1v) is 5.19. The fourth-order valence-electron chi connectivity index (χ4n) is 1.87. The van der Waals surface area contributed by atoms with Crippen LogP contribution in [-0.2, 0) is 13.0 Å². The first-order chi connectivity index (χ1) is 7.84. The van der Waals surface area contributed by atoms with Gasteiger partial charge in [0.1, 0.15) is 12.0 Å². The molecule has 0 fully saturated rings. The van der Waals surface area contributed by atoms with Gasteiger partial charge in [0.25, 0.3) is 0 Å². The Labute approximate surface area is 92.1 Å². The van der Waals surface area contributed by atoms with Crippen molar-refractivity contribution in [3.05, 3.63) is 23.5 Å². The molecule has 6 heteroatoms. The van der Waals surface area contributed by atoms with E-state index in [1.807, 2.05) is 0 Å². The third kappa shape index (κ3) is 1.47. The summed E-state index contributed by atoms with van der Waals surface area (Å²) >= 11 is 0. The minimum atomic E-state index is 0.552. The second-order valence-corrected chi connectivity index (χ2v) is 3.71. The second-order valence-electron chi connectivity index (χ2n) is 3.71. The van der Waals surface area contributed by atoms with Gasteiger partial charge >= 0.3 is 0 Å². The van der Waals surface area contributed by atoms with Gasteiger partial charge in [-0.15, -0.1) is 0 Å². The zero-order valence-corrected chi connectivity index (χ0v) is 8.90. The van der Waals surface area contributed by atoms with Crippen molar-refractivity contribution in [3.8, 4) is 11.5 Å². The average molecular weight is 217 g/mol. The lowest BCUT2D eigenvalue weighted by Crippen LogP contribution is -2.25. The van der Waals surface area contributed by atoms with Gasteiger partial charge in [-0.3, -0.25) is 0 Å². The van der Waals surface area contributed by atoms with E-state index < -0.39 is 0 Å². The van der Waals surface area contributed by atoms with Crippen molar-refractivity contribution in [2.45, 2.75) is 19.9 Å².